The van der Waals surface area contributed by atoms with E-state index in [1.54, 1.807) is 0 Å². The van der Waals surface area contributed by atoms with Crippen molar-refractivity contribution in [3.05, 3.63) is 60.7 Å². The molecule has 0 spiro atoms. The number of carbonyl (C=O) groups is 1. The first-order valence-corrected chi connectivity index (χ1v) is 13.8. The maximum atomic E-state index is 11.7. The van der Waals surface area contributed by atoms with Crippen molar-refractivity contribution in [1.29, 1.82) is 0 Å². The zero-order chi connectivity index (χ0) is 24.6. The van der Waals surface area contributed by atoms with E-state index in [1.807, 2.05) is 26.0 Å². The minimum absolute atomic E-state index is 0.155. The van der Waals surface area contributed by atoms with Gasteiger partial charge in [0.1, 0.15) is 12.7 Å². The van der Waals surface area contributed by atoms with Gasteiger partial charge in [0.25, 0.3) is 8.32 Å². The molecule has 2 aliphatic heterocycles. The number of hydrogen-bond donors (Lipinski definition) is 0. The van der Waals surface area contributed by atoms with Gasteiger partial charge in [0.05, 0.1) is 18.1 Å². The molecule has 5 unspecified atom stereocenters. The zero-order valence-corrected chi connectivity index (χ0v) is 21.9. The van der Waals surface area contributed by atoms with Crippen LogP contribution in [0.3, 0.4) is 0 Å². The molecule has 5 atom stereocenters. The SMILES string of the molecule is CC(=O)OCC1(C)C(CO[Si](c2ccccc2)(c2ccccc2)C(C)(C)C)OC2OC(C)OC21. The van der Waals surface area contributed by atoms with Gasteiger partial charge in [0.2, 0.25) is 0 Å². The summed E-state index contributed by atoms with van der Waals surface area (Å²) < 4.78 is 30.8. The van der Waals surface area contributed by atoms with E-state index in [9.17, 15) is 4.79 Å². The Labute approximate surface area is 203 Å². The molecule has 0 amide bonds. The van der Waals surface area contributed by atoms with Crippen LogP contribution in [0, 0.1) is 5.41 Å². The molecule has 0 saturated carbocycles. The van der Waals surface area contributed by atoms with E-state index in [0.29, 0.717) is 6.61 Å². The molecule has 2 aliphatic rings. The average Bonchev–Trinajstić information content (AvgIpc) is 3.29. The molecule has 4 rings (SSSR count). The Morgan fingerprint density at radius 3 is 2.03 bits per heavy atom. The minimum atomic E-state index is -2.74. The van der Waals surface area contributed by atoms with Crippen LogP contribution in [-0.2, 0) is 28.2 Å². The number of hydrogen-bond acceptors (Lipinski definition) is 6. The summed E-state index contributed by atoms with van der Waals surface area (Å²) >= 11 is 0. The Bertz CT molecular complexity index is 936. The Balaban J connectivity index is 1.70. The fourth-order valence-electron chi connectivity index (χ4n) is 5.26. The third-order valence-electron chi connectivity index (χ3n) is 7.05. The van der Waals surface area contributed by atoms with Crippen LogP contribution in [0.4, 0.5) is 0 Å². The van der Waals surface area contributed by atoms with E-state index in [-0.39, 0.29) is 36.1 Å². The molecule has 0 bridgehead atoms. The lowest BCUT2D eigenvalue weighted by atomic mass is 9.81. The van der Waals surface area contributed by atoms with E-state index < -0.39 is 20.0 Å². The molecule has 2 fully saturated rings. The van der Waals surface area contributed by atoms with Crippen LogP contribution in [-0.4, -0.2) is 52.3 Å². The smallest absolute Gasteiger partial charge is 0.302 e. The number of rotatable bonds is 7. The highest BCUT2D eigenvalue weighted by Crippen LogP contribution is 2.46. The first kappa shape index (κ1) is 25.1. The third-order valence-corrected chi connectivity index (χ3v) is 12.1. The number of ether oxygens (including phenoxy) is 4. The lowest BCUT2D eigenvalue weighted by Crippen LogP contribution is -2.67. The molecule has 0 aliphatic carbocycles. The van der Waals surface area contributed by atoms with Gasteiger partial charge < -0.3 is 23.4 Å². The molecular formula is C27H36O6Si. The van der Waals surface area contributed by atoms with Crippen LogP contribution in [0.15, 0.2) is 60.7 Å². The third kappa shape index (κ3) is 4.47. The molecule has 2 aromatic rings. The van der Waals surface area contributed by atoms with Crippen molar-refractivity contribution >= 4 is 24.7 Å². The van der Waals surface area contributed by atoms with Crippen LogP contribution in [0.1, 0.15) is 41.5 Å². The summed E-state index contributed by atoms with van der Waals surface area (Å²) in [6.07, 6.45) is -1.58. The summed E-state index contributed by atoms with van der Waals surface area (Å²) in [7, 11) is -2.74. The van der Waals surface area contributed by atoms with Crippen LogP contribution < -0.4 is 10.4 Å². The maximum absolute atomic E-state index is 11.7. The largest absolute Gasteiger partial charge is 0.465 e. The second-order valence-corrected chi connectivity index (χ2v) is 14.8. The quantitative estimate of drug-likeness (QED) is 0.442. The van der Waals surface area contributed by atoms with Gasteiger partial charge in [0.15, 0.2) is 12.6 Å². The second kappa shape index (κ2) is 9.55. The van der Waals surface area contributed by atoms with Gasteiger partial charge in [0, 0.05) is 6.92 Å². The van der Waals surface area contributed by atoms with E-state index in [1.165, 1.54) is 17.3 Å². The van der Waals surface area contributed by atoms with Gasteiger partial charge in [-0.05, 0) is 22.3 Å². The van der Waals surface area contributed by atoms with E-state index in [4.69, 9.17) is 23.4 Å². The molecule has 34 heavy (non-hydrogen) atoms. The van der Waals surface area contributed by atoms with Gasteiger partial charge in [-0.1, -0.05) is 88.4 Å². The minimum Gasteiger partial charge on any atom is -0.465 e. The maximum Gasteiger partial charge on any atom is 0.302 e. The van der Waals surface area contributed by atoms with Crippen molar-refractivity contribution < 1.29 is 28.2 Å². The first-order chi connectivity index (χ1) is 16.1. The summed E-state index contributed by atoms with van der Waals surface area (Å²) in [5.41, 5.74) is -0.605. The summed E-state index contributed by atoms with van der Waals surface area (Å²) in [4.78, 5) is 11.7. The highest BCUT2D eigenvalue weighted by atomic mass is 28.4. The van der Waals surface area contributed by atoms with Crippen molar-refractivity contribution in [2.45, 2.75) is 71.4 Å². The van der Waals surface area contributed by atoms with E-state index in [0.717, 1.165) is 0 Å². The van der Waals surface area contributed by atoms with Crippen LogP contribution >= 0.6 is 0 Å². The second-order valence-electron chi connectivity index (χ2n) is 10.5. The van der Waals surface area contributed by atoms with Gasteiger partial charge in [-0.15, -0.1) is 0 Å². The van der Waals surface area contributed by atoms with Gasteiger partial charge >= 0.3 is 5.97 Å². The van der Waals surface area contributed by atoms with Gasteiger partial charge in [-0.25, -0.2) is 0 Å². The lowest BCUT2D eigenvalue weighted by Gasteiger charge is -2.44. The van der Waals surface area contributed by atoms with Crippen molar-refractivity contribution in [3.63, 3.8) is 0 Å². The van der Waals surface area contributed by atoms with Crippen molar-refractivity contribution in [3.8, 4) is 0 Å². The van der Waals surface area contributed by atoms with Crippen LogP contribution in [0.5, 0.6) is 0 Å². The molecule has 0 aromatic heterocycles. The topological polar surface area (TPSA) is 63.2 Å². The van der Waals surface area contributed by atoms with E-state index >= 15 is 0 Å². The average molecular weight is 485 g/mol. The highest BCUT2D eigenvalue weighted by molar-refractivity contribution is 6.99. The Morgan fingerprint density at radius 1 is 0.971 bits per heavy atom. The molecule has 7 heteroatoms. The highest BCUT2D eigenvalue weighted by Gasteiger charge is 2.60. The summed E-state index contributed by atoms with van der Waals surface area (Å²) in [5, 5.41) is 2.25. The predicted molar refractivity (Wildman–Crippen MR) is 132 cm³/mol. The predicted octanol–water partition coefficient (Wildman–Crippen LogP) is 3.62. The Morgan fingerprint density at radius 2 is 1.53 bits per heavy atom. The molecule has 2 saturated heterocycles. The standard InChI is InChI=1S/C27H36O6Si/c1-19(28)29-18-27(6)23(33-25-24(27)31-20(2)32-25)17-30-34(26(3,4)5,21-13-9-7-10-14-21)22-15-11-8-12-16-22/h7-16,20,23-25H,17-18H2,1-6H3. The Kier molecular flexibility index (Phi) is 7.04. The molecule has 0 radical (unpaired) electrons. The fourth-order valence-corrected chi connectivity index (χ4v) is 9.81. The number of carbonyl (C=O) groups excluding carboxylic acids is 1. The normalized spacial score (nSPS) is 29.1. The number of benzene rings is 2. The van der Waals surface area contributed by atoms with Crippen molar-refractivity contribution in [2.24, 2.45) is 5.41 Å². The summed E-state index contributed by atoms with van der Waals surface area (Å²) in [5.74, 6) is -0.330. The monoisotopic (exact) mass is 484 g/mol. The molecule has 0 N–H and O–H groups in total. The molecule has 6 nitrogen and oxygen atoms in total. The fraction of sp³-hybridized carbons (Fsp3) is 0.519. The molecule has 184 valence electrons. The van der Waals surface area contributed by atoms with Crippen LogP contribution in [0.2, 0.25) is 5.04 Å². The summed E-state index contributed by atoms with van der Waals surface area (Å²) in [6.45, 7) is 12.5. The molecule has 2 aromatic carbocycles. The lowest BCUT2D eigenvalue weighted by molar-refractivity contribution is -0.177. The van der Waals surface area contributed by atoms with E-state index in [2.05, 4.69) is 69.3 Å². The Hall–Kier alpha value is -2.03. The van der Waals surface area contributed by atoms with Gasteiger partial charge in [-0.2, -0.15) is 0 Å². The molecule has 2 heterocycles. The zero-order valence-electron chi connectivity index (χ0n) is 20.9. The van der Waals surface area contributed by atoms with Crippen molar-refractivity contribution in [2.75, 3.05) is 13.2 Å². The van der Waals surface area contributed by atoms with Crippen molar-refractivity contribution in [1.82, 2.24) is 0 Å². The number of esters is 1. The first-order valence-electron chi connectivity index (χ1n) is 11.9. The molecular weight excluding hydrogens is 448 g/mol. The number of fused-ring (bicyclic) bond motifs is 1. The van der Waals surface area contributed by atoms with Gasteiger partial charge in [-0.3, -0.25) is 4.79 Å². The van der Waals surface area contributed by atoms with Crippen LogP contribution in [0.25, 0.3) is 0 Å². The summed E-state index contributed by atoms with van der Waals surface area (Å²) in [6, 6.07) is 21.0.